The van der Waals surface area contributed by atoms with Crippen molar-refractivity contribution in [2.75, 3.05) is 19.5 Å². The summed E-state index contributed by atoms with van der Waals surface area (Å²) < 4.78 is 10.4. The number of pyridine rings is 1. The van der Waals surface area contributed by atoms with E-state index in [1.54, 1.807) is 44.7 Å². The number of amides is 1. The second-order valence-electron chi connectivity index (χ2n) is 5.90. The van der Waals surface area contributed by atoms with E-state index in [1.807, 2.05) is 30.3 Å². The summed E-state index contributed by atoms with van der Waals surface area (Å²) in [5, 5.41) is 6.54. The Hall–Kier alpha value is -3.25. The number of nitrogens with zero attached hydrogens (tertiary/aromatic N) is 1. The highest BCUT2D eigenvalue weighted by molar-refractivity contribution is 6.32. The summed E-state index contributed by atoms with van der Waals surface area (Å²) in [4.78, 5) is 16.6. The standard InChI is InChI=1S/C21H20ClN3O3/c1-27-19-6-4-3-5-14(19)12-24-21(26)18-9-7-16(13-23-18)25-15-8-10-20(28-2)17(22)11-15/h3-11,13,25H,12H2,1-2H3,(H,24,26). The number of benzene rings is 2. The van der Waals surface area contributed by atoms with E-state index in [1.165, 1.54) is 0 Å². The van der Waals surface area contributed by atoms with Crippen molar-refractivity contribution < 1.29 is 14.3 Å². The van der Waals surface area contributed by atoms with Crippen LogP contribution in [0.3, 0.4) is 0 Å². The third kappa shape index (κ3) is 4.72. The van der Waals surface area contributed by atoms with Crippen LogP contribution < -0.4 is 20.1 Å². The lowest BCUT2D eigenvalue weighted by Gasteiger charge is -2.10. The lowest BCUT2D eigenvalue weighted by molar-refractivity contribution is 0.0945. The first kappa shape index (κ1) is 19.5. The van der Waals surface area contributed by atoms with E-state index in [-0.39, 0.29) is 5.91 Å². The van der Waals surface area contributed by atoms with Crippen molar-refractivity contribution in [3.05, 3.63) is 77.1 Å². The van der Waals surface area contributed by atoms with Crippen LogP contribution in [-0.2, 0) is 6.54 Å². The zero-order valence-corrected chi connectivity index (χ0v) is 16.3. The van der Waals surface area contributed by atoms with Crippen LogP contribution in [0.2, 0.25) is 5.02 Å². The number of carbonyl (C=O) groups excluding carboxylic acids is 1. The number of para-hydroxylation sites is 1. The molecule has 0 aliphatic carbocycles. The fourth-order valence-corrected chi connectivity index (χ4v) is 2.89. The molecular formula is C21H20ClN3O3. The molecule has 7 heteroatoms. The number of ether oxygens (including phenoxy) is 2. The highest BCUT2D eigenvalue weighted by Crippen LogP contribution is 2.28. The lowest BCUT2D eigenvalue weighted by Crippen LogP contribution is -2.24. The van der Waals surface area contributed by atoms with Gasteiger partial charge >= 0.3 is 0 Å². The molecule has 0 aliphatic rings. The van der Waals surface area contributed by atoms with Crippen molar-refractivity contribution in [1.82, 2.24) is 10.3 Å². The number of nitrogens with one attached hydrogen (secondary N) is 2. The first-order chi connectivity index (χ1) is 13.6. The molecule has 2 N–H and O–H groups in total. The Labute approximate surface area is 168 Å². The minimum atomic E-state index is -0.259. The summed E-state index contributed by atoms with van der Waals surface area (Å²) in [5.41, 5.74) is 2.75. The van der Waals surface area contributed by atoms with Gasteiger partial charge in [0, 0.05) is 17.8 Å². The molecule has 144 valence electrons. The van der Waals surface area contributed by atoms with Crippen LogP contribution in [0.1, 0.15) is 16.1 Å². The van der Waals surface area contributed by atoms with E-state index >= 15 is 0 Å². The number of carbonyl (C=O) groups is 1. The number of anilines is 2. The maximum Gasteiger partial charge on any atom is 0.270 e. The molecule has 0 saturated heterocycles. The monoisotopic (exact) mass is 397 g/mol. The largest absolute Gasteiger partial charge is 0.496 e. The Balaban J connectivity index is 1.62. The molecule has 0 unspecified atom stereocenters. The fourth-order valence-electron chi connectivity index (χ4n) is 2.63. The van der Waals surface area contributed by atoms with Crippen LogP contribution >= 0.6 is 11.6 Å². The maximum absolute atomic E-state index is 12.3. The van der Waals surface area contributed by atoms with E-state index in [0.29, 0.717) is 23.0 Å². The Morgan fingerprint density at radius 3 is 2.43 bits per heavy atom. The lowest BCUT2D eigenvalue weighted by atomic mass is 10.2. The summed E-state index contributed by atoms with van der Waals surface area (Å²) >= 11 is 6.13. The molecule has 1 amide bonds. The van der Waals surface area contributed by atoms with Crippen molar-refractivity contribution in [1.29, 1.82) is 0 Å². The van der Waals surface area contributed by atoms with Crippen LogP contribution in [0.15, 0.2) is 60.8 Å². The molecule has 0 aliphatic heterocycles. The van der Waals surface area contributed by atoms with Gasteiger partial charge in [-0.2, -0.15) is 0 Å². The number of methoxy groups -OCH3 is 2. The minimum Gasteiger partial charge on any atom is -0.496 e. The van der Waals surface area contributed by atoms with Gasteiger partial charge < -0.3 is 20.1 Å². The molecule has 0 radical (unpaired) electrons. The van der Waals surface area contributed by atoms with Crippen molar-refractivity contribution in [2.45, 2.75) is 6.54 Å². The normalized spacial score (nSPS) is 10.2. The quantitative estimate of drug-likeness (QED) is 0.617. The molecule has 2 aromatic carbocycles. The predicted molar refractivity (Wildman–Crippen MR) is 110 cm³/mol. The molecule has 0 atom stereocenters. The number of rotatable bonds is 7. The molecular weight excluding hydrogens is 378 g/mol. The number of hydrogen-bond donors (Lipinski definition) is 2. The van der Waals surface area contributed by atoms with Gasteiger partial charge in [0.25, 0.3) is 5.91 Å². The molecule has 28 heavy (non-hydrogen) atoms. The van der Waals surface area contributed by atoms with E-state index in [9.17, 15) is 4.79 Å². The van der Waals surface area contributed by atoms with Gasteiger partial charge in [-0.1, -0.05) is 29.8 Å². The predicted octanol–water partition coefficient (Wildman–Crippen LogP) is 4.43. The number of aromatic nitrogens is 1. The first-order valence-corrected chi connectivity index (χ1v) is 8.95. The summed E-state index contributed by atoms with van der Waals surface area (Å²) in [6.07, 6.45) is 1.59. The van der Waals surface area contributed by atoms with Crippen LogP contribution in [0.4, 0.5) is 11.4 Å². The van der Waals surface area contributed by atoms with E-state index < -0.39 is 0 Å². The van der Waals surface area contributed by atoms with Gasteiger partial charge in [-0.05, 0) is 36.4 Å². The summed E-state index contributed by atoms with van der Waals surface area (Å²) in [6, 6.07) is 16.4. The van der Waals surface area contributed by atoms with E-state index in [0.717, 1.165) is 22.7 Å². The molecule has 1 heterocycles. The van der Waals surface area contributed by atoms with Gasteiger partial charge in [0.2, 0.25) is 0 Å². The average Bonchev–Trinajstić information content (AvgIpc) is 2.73. The average molecular weight is 398 g/mol. The van der Waals surface area contributed by atoms with Crippen molar-refractivity contribution in [3.63, 3.8) is 0 Å². The highest BCUT2D eigenvalue weighted by atomic mass is 35.5. The first-order valence-electron chi connectivity index (χ1n) is 8.57. The third-order valence-corrected chi connectivity index (χ3v) is 4.36. The van der Waals surface area contributed by atoms with Crippen LogP contribution in [0.5, 0.6) is 11.5 Å². The second-order valence-corrected chi connectivity index (χ2v) is 6.31. The Morgan fingerprint density at radius 1 is 1.00 bits per heavy atom. The number of halogens is 1. The highest BCUT2D eigenvalue weighted by Gasteiger charge is 2.09. The Bertz CT molecular complexity index is 961. The molecule has 0 fully saturated rings. The Kier molecular flexibility index (Phi) is 6.34. The summed E-state index contributed by atoms with van der Waals surface area (Å²) in [5.74, 6) is 1.07. The fraction of sp³-hybridized carbons (Fsp3) is 0.143. The van der Waals surface area contributed by atoms with Gasteiger partial charge in [-0.3, -0.25) is 4.79 Å². The maximum atomic E-state index is 12.3. The smallest absolute Gasteiger partial charge is 0.270 e. The van der Waals surface area contributed by atoms with Gasteiger partial charge in [-0.25, -0.2) is 4.98 Å². The molecule has 3 rings (SSSR count). The van der Waals surface area contributed by atoms with Crippen LogP contribution in [0.25, 0.3) is 0 Å². The van der Waals surface area contributed by atoms with E-state index in [2.05, 4.69) is 15.6 Å². The van der Waals surface area contributed by atoms with Gasteiger partial charge in [-0.15, -0.1) is 0 Å². The van der Waals surface area contributed by atoms with Gasteiger partial charge in [0.1, 0.15) is 17.2 Å². The van der Waals surface area contributed by atoms with Crippen molar-refractivity contribution in [3.8, 4) is 11.5 Å². The van der Waals surface area contributed by atoms with Crippen molar-refractivity contribution in [2.24, 2.45) is 0 Å². The van der Waals surface area contributed by atoms with E-state index in [4.69, 9.17) is 21.1 Å². The summed E-state index contributed by atoms with van der Waals surface area (Å²) in [7, 11) is 3.17. The zero-order chi connectivity index (χ0) is 19.9. The minimum absolute atomic E-state index is 0.259. The third-order valence-electron chi connectivity index (χ3n) is 4.07. The second kappa shape index (κ2) is 9.10. The van der Waals surface area contributed by atoms with Gasteiger partial charge in [0.05, 0.1) is 31.1 Å². The van der Waals surface area contributed by atoms with Crippen LogP contribution in [0, 0.1) is 0 Å². The molecule has 3 aromatic rings. The Morgan fingerprint density at radius 2 is 1.75 bits per heavy atom. The van der Waals surface area contributed by atoms with Crippen molar-refractivity contribution >= 4 is 28.9 Å². The number of hydrogen-bond acceptors (Lipinski definition) is 5. The molecule has 0 bridgehead atoms. The van der Waals surface area contributed by atoms with Gasteiger partial charge in [0.15, 0.2) is 0 Å². The topological polar surface area (TPSA) is 72.5 Å². The molecule has 0 saturated carbocycles. The van der Waals surface area contributed by atoms with Crippen LogP contribution in [-0.4, -0.2) is 25.1 Å². The zero-order valence-electron chi connectivity index (χ0n) is 15.5. The molecule has 6 nitrogen and oxygen atoms in total. The summed E-state index contributed by atoms with van der Waals surface area (Å²) in [6.45, 7) is 0.356. The molecule has 1 aromatic heterocycles. The SMILES string of the molecule is COc1ccc(Nc2ccc(C(=O)NCc3ccccc3OC)nc2)cc1Cl. The molecule has 0 spiro atoms.